The van der Waals surface area contributed by atoms with Gasteiger partial charge in [-0.15, -0.1) is 5.11 Å². The molecule has 0 saturated heterocycles. The summed E-state index contributed by atoms with van der Waals surface area (Å²) in [6.07, 6.45) is 0. The Bertz CT molecular complexity index is 1250. The molecule has 0 fully saturated rings. The average Bonchev–Trinajstić information content (AvgIpc) is 2.63. The molecule has 2 aromatic carbocycles. The Hall–Kier alpha value is -2.58. The van der Waals surface area contributed by atoms with Crippen LogP contribution >= 0.6 is 34.8 Å². The molecule has 0 radical (unpaired) electrons. The largest absolute Gasteiger partial charge is 0.493 e. The maximum absolute atomic E-state index is 12.4. The van der Waals surface area contributed by atoms with Gasteiger partial charge in [0.05, 0.1) is 10.6 Å². The van der Waals surface area contributed by atoms with Gasteiger partial charge in [0.2, 0.25) is 11.6 Å². The minimum atomic E-state index is -3.76. The van der Waals surface area contributed by atoms with E-state index >= 15 is 0 Å². The predicted molar refractivity (Wildman–Crippen MR) is 114 cm³/mol. The van der Waals surface area contributed by atoms with Crippen LogP contribution in [0.25, 0.3) is 0 Å². The van der Waals surface area contributed by atoms with Crippen molar-refractivity contribution < 1.29 is 13.5 Å². The molecule has 0 aliphatic heterocycles. The number of aromatic hydroxyl groups is 1. The molecular formula is C16H12IN5O4S2. The normalized spacial score (nSPS) is 11.6. The van der Waals surface area contributed by atoms with E-state index in [1.807, 2.05) is 0 Å². The number of hydrogen-bond acceptors (Lipinski definition) is 7. The molecule has 1 heterocycles. The van der Waals surface area contributed by atoms with Crippen LogP contribution in [0.2, 0.25) is 0 Å². The monoisotopic (exact) mass is 529 g/mol. The topological polar surface area (TPSA) is 140 Å². The van der Waals surface area contributed by atoms with Crippen LogP contribution in [0.4, 0.5) is 17.1 Å². The highest BCUT2D eigenvalue weighted by atomic mass is 127. The number of halogens is 1. The van der Waals surface area contributed by atoms with Gasteiger partial charge in [0.15, 0.2) is 4.77 Å². The quantitative estimate of drug-likeness (QED) is 0.225. The van der Waals surface area contributed by atoms with Gasteiger partial charge in [-0.2, -0.15) is 5.11 Å². The maximum Gasteiger partial charge on any atom is 0.283 e. The van der Waals surface area contributed by atoms with Crippen molar-refractivity contribution in [2.24, 2.45) is 10.2 Å². The Morgan fingerprint density at radius 2 is 1.64 bits per heavy atom. The van der Waals surface area contributed by atoms with E-state index in [0.717, 1.165) is 3.57 Å². The van der Waals surface area contributed by atoms with Gasteiger partial charge in [0, 0.05) is 9.26 Å². The standard InChI is InChI=1S/C16H12IN5O4S2/c17-9-1-3-11(4-2-9)22-28(25,26)12-7-5-10(6-8-12)20-21-13-14(23)18-16(27)19-15(13)24/h1-8,22H,(H3,18,19,23,24,27). The summed E-state index contributed by atoms with van der Waals surface area (Å²) in [4.78, 5) is 16.4. The molecule has 0 bridgehead atoms. The first-order valence-electron chi connectivity index (χ1n) is 7.60. The average molecular weight is 529 g/mol. The van der Waals surface area contributed by atoms with Gasteiger partial charge in [-0.05, 0) is 83.3 Å². The zero-order chi connectivity index (χ0) is 20.3. The number of sulfonamides is 1. The van der Waals surface area contributed by atoms with Crippen molar-refractivity contribution in [3.63, 3.8) is 0 Å². The van der Waals surface area contributed by atoms with Gasteiger partial charge in [0.1, 0.15) is 0 Å². The number of nitrogens with zero attached hydrogens (tertiary/aromatic N) is 2. The summed E-state index contributed by atoms with van der Waals surface area (Å²) in [6.45, 7) is 0. The summed E-state index contributed by atoms with van der Waals surface area (Å²) in [7, 11) is -3.76. The fourth-order valence-corrected chi connectivity index (χ4v) is 3.70. The summed E-state index contributed by atoms with van der Waals surface area (Å²) in [6, 6.07) is 12.4. The first-order valence-corrected chi connectivity index (χ1v) is 10.6. The van der Waals surface area contributed by atoms with Gasteiger partial charge in [-0.3, -0.25) is 14.5 Å². The van der Waals surface area contributed by atoms with Crippen LogP contribution in [-0.4, -0.2) is 23.5 Å². The number of H-pyrrole nitrogens is 2. The molecule has 3 aromatic rings. The van der Waals surface area contributed by atoms with Crippen LogP contribution in [0, 0.1) is 8.34 Å². The van der Waals surface area contributed by atoms with E-state index in [9.17, 15) is 18.3 Å². The molecule has 0 spiro atoms. The number of benzene rings is 2. The molecule has 0 aliphatic carbocycles. The van der Waals surface area contributed by atoms with E-state index < -0.39 is 21.5 Å². The SMILES string of the molecule is O=c1[nH]c(=S)[nH]c(O)c1N=Nc1ccc(S(=O)(=O)Nc2ccc(I)cc2)cc1. The summed E-state index contributed by atoms with van der Waals surface area (Å²) in [5.41, 5.74) is -0.314. The van der Waals surface area contributed by atoms with Gasteiger partial charge in [-0.25, -0.2) is 8.42 Å². The molecule has 0 aliphatic rings. The van der Waals surface area contributed by atoms with Crippen LogP contribution in [0.15, 0.2) is 68.4 Å². The molecule has 4 N–H and O–H groups in total. The lowest BCUT2D eigenvalue weighted by atomic mass is 10.3. The molecule has 0 saturated carbocycles. The molecule has 0 amide bonds. The Labute approximate surface area is 177 Å². The van der Waals surface area contributed by atoms with Gasteiger partial charge < -0.3 is 10.1 Å². The van der Waals surface area contributed by atoms with Crippen LogP contribution in [0.1, 0.15) is 0 Å². The van der Waals surface area contributed by atoms with E-state index in [1.54, 1.807) is 24.3 Å². The summed E-state index contributed by atoms with van der Waals surface area (Å²) < 4.78 is 28.3. The van der Waals surface area contributed by atoms with Crippen molar-refractivity contribution >= 4 is 61.9 Å². The smallest absolute Gasteiger partial charge is 0.283 e. The molecule has 28 heavy (non-hydrogen) atoms. The second-order valence-electron chi connectivity index (χ2n) is 5.41. The number of anilines is 1. The number of azo groups is 1. The summed E-state index contributed by atoms with van der Waals surface area (Å²) in [5.74, 6) is -0.515. The number of nitrogens with one attached hydrogen (secondary N) is 3. The third-order valence-corrected chi connectivity index (χ3v) is 5.73. The molecule has 12 heteroatoms. The fraction of sp³-hybridized carbons (Fsp3) is 0. The highest BCUT2D eigenvalue weighted by molar-refractivity contribution is 14.1. The van der Waals surface area contributed by atoms with Gasteiger partial charge in [0.25, 0.3) is 15.6 Å². The van der Waals surface area contributed by atoms with E-state index in [2.05, 4.69) is 47.5 Å². The van der Waals surface area contributed by atoms with Crippen LogP contribution < -0.4 is 10.3 Å². The second kappa shape index (κ2) is 8.20. The Morgan fingerprint density at radius 1 is 1.00 bits per heavy atom. The third kappa shape index (κ3) is 4.82. The summed E-state index contributed by atoms with van der Waals surface area (Å²) >= 11 is 6.85. The predicted octanol–water partition coefficient (Wildman–Crippen LogP) is 3.96. The zero-order valence-corrected chi connectivity index (χ0v) is 17.7. The van der Waals surface area contributed by atoms with E-state index in [-0.39, 0.29) is 21.0 Å². The number of aromatic amines is 2. The van der Waals surface area contributed by atoms with Crippen molar-refractivity contribution in [3.8, 4) is 5.88 Å². The Morgan fingerprint density at radius 3 is 2.25 bits per heavy atom. The van der Waals surface area contributed by atoms with E-state index in [0.29, 0.717) is 5.69 Å². The minimum absolute atomic E-state index is 0.0366. The molecule has 0 atom stereocenters. The van der Waals surface area contributed by atoms with Crippen molar-refractivity contribution in [1.82, 2.24) is 9.97 Å². The highest BCUT2D eigenvalue weighted by Gasteiger charge is 2.14. The van der Waals surface area contributed by atoms with Crippen LogP contribution in [0.3, 0.4) is 0 Å². The lowest BCUT2D eigenvalue weighted by molar-refractivity contribution is 0.451. The molecule has 144 valence electrons. The number of hydrogen-bond donors (Lipinski definition) is 4. The van der Waals surface area contributed by atoms with Crippen molar-refractivity contribution in [3.05, 3.63) is 67.2 Å². The van der Waals surface area contributed by atoms with Crippen LogP contribution in [0.5, 0.6) is 5.88 Å². The third-order valence-electron chi connectivity index (χ3n) is 3.41. The van der Waals surface area contributed by atoms with Crippen molar-refractivity contribution in [2.75, 3.05) is 4.72 Å². The van der Waals surface area contributed by atoms with Crippen LogP contribution in [-0.2, 0) is 10.0 Å². The Kier molecular flexibility index (Phi) is 5.90. The van der Waals surface area contributed by atoms with E-state index in [4.69, 9.17) is 12.2 Å². The summed E-state index contributed by atoms with van der Waals surface area (Å²) in [5, 5.41) is 17.2. The minimum Gasteiger partial charge on any atom is -0.493 e. The lowest BCUT2D eigenvalue weighted by Crippen LogP contribution is -2.12. The van der Waals surface area contributed by atoms with Crippen molar-refractivity contribution in [2.45, 2.75) is 4.90 Å². The molecule has 3 rings (SSSR count). The van der Waals surface area contributed by atoms with E-state index in [1.165, 1.54) is 24.3 Å². The maximum atomic E-state index is 12.4. The van der Waals surface area contributed by atoms with Gasteiger partial charge >= 0.3 is 0 Å². The fourth-order valence-electron chi connectivity index (χ4n) is 2.09. The number of aromatic nitrogens is 2. The molecule has 1 aromatic heterocycles. The highest BCUT2D eigenvalue weighted by Crippen LogP contribution is 2.23. The second-order valence-corrected chi connectivity index (χ2v) is 8.75. The first kappa shape index (κ1) is 20.2. The lowest BCUT2D eigenvalue weighted by Gasteiger charge is -2.08. The first-order chi connectivity index (χ1) is 13.2. The Balaban J connectivity index is 1.80. The number of rotatable bonds is 5. The van der Waals surface area contributed by atoms with Gasteiger partial charge in [-0.1, -0.05) is 0 Å². The molecule has 0 unspecified atom stereocenters. The van der Waals surface area contributed by atoms with Crippen molar-refractivity contribution in [1.29, 1.82) is 0 Å². The molecule has 9 nitrogen and oxygen atoms in total. The molecular weight excluding hydrogens is 517 g/mol. The zero-order valence-electron chi connectivity index (χ0n) is 13.9.